The summed E-state index contributed by atoms with van der Waals surface area (Å²) < 4.78 is 0. The standard InChI is InChI=1S/C12H15NO3/c1-8(12(15)16)13-5-4-10-3-2-9(7-14)6-11(10)13/h2-3,6,8,14H,4-5,7H2,1H3,(H,15,16). The number of carboxylic acid groups (broad SMARTS) is 1. The number of aliphatic hydroxyl groups is 1. The molecule has 1 aliphatic heterocycles. The fraction of sp³-hybridized carbons (Fsp3) is 0.417. The van der Waals surface area contributed by atoms with Crippen LogP contribution in [0.4, 0.5) is 5.69 Å². The molecule has 1 aromatic rings. The van der Waals surface area contributed by atoms with Gasteiger partial charge in [0.1, 0.15) is 6.04 Å². The summed E-state index contributed by atoms with van der Waals surface area (Å²) in [7, 11) is 0. The minimum atomic E-state index is -0.817. The van der Waals surface area contributed by atoms with Crippen LogP contribution in [0.15, 0.2) is 18.2 Å². The van der Waals surface area contributed by atoms with Crippen molar-refractivity contribution in [2.75, 3.05) is 11.4 Å². The van der Waals surface area contributed by atoms with Gasteiger partial charge in [-0.25, -0.2) is 4.79 Å². The van der Waals surface area contributed by atoms with Crippen molar-refractivity contribution in [3.8, 4) is 0 Å². The SMILES string of the molecule is CC(C(=O)O)N1CCc2ccc(CO)cc21. The van der Waals surface area contributed by atoms with E-state index in [0.717, 1.165) is 29.8 Å². The fourth-order valence-corrected chi connectivity index (χ4v) is 2.08. The van der Waals surface area contributed by atoms with E-state index in [-0.39, 0.29) is 6.61 Å². The minimum absolute atomic E-state index is 0.0113. The number of nitrogens with zero attached hydrogens (tertiary/aromatic N) is 1. The lowest BCUT2D eigenvalue weighted by atomic mass is 10.1. The summed E-state index contributed by atoms with van der Waals surface area (Å²) in [6.45, 7) is 2.41. The summed E-state index contributed by atoms with van der Waals surface area (Å²) in [4.78, 5) is 12.8. The summed E-state index contributed by atoms with van der Waals surface area (Å²) in [6.07, 6.45) is 0.874. The van der Waals surface area contributed by atoms with Crippen LogP contribution >= 0.6 is 0 Å². The second-order valence-electron chi connectivity index (χ2n) is 4.08. The van der Waals surface area contributed by atoms with Gasteiger partial charge >= 0.3 is 5.97 Å². The summed E-state index contributed by atoms with van der Waals surface area (Å²) in [5, 5.41) is 18.1. The van der Waals surface area contributed by atoms with Crippen LogP contribution in [0.1, 0.15) is 18.1 Å². The molecule has 0 spiro atoms. The van der Waals surface area contributed by atoms with Gasteiger partial charge in [-0.2, -0.15) is 0 Å². The molecule has 0 radical (unpaired) electrons. The highest BCUT2D eigenvalue weighted by atomic mass is 16.4. The zero-order valence-corrected chi connectivity index (χ0v) is 9.18. The molecule has 0 fully saturated rings. The molecule has 4 nitrogen and oxygen atoms in total. The molecule has 86 valence electrons. The summed E-state index contributed by atoms with van der Waals surface area (Å²) in [5.41, 5.74) is 2.93. The quantitative estimate of drug-likeness (QED) is 0.799. The van der Waals surface area contributed by atoms with E-state index in [1.54, 1.807) is 6.92 Å². The van der Waals surface area contributed by atoms with Gasteiger partial charge in [0.05, 0.1) is 6.61 Å². The number of benzene rings is 1. The van der Waals surface area contributed by atoms with E-state index in [4.69, 9.17) is 10.2 Å². The van der Waals surface area contributed by atoms with Gasteiger partial charge in [-0.15, -0.1) is 0 Å². The zero-order chi connectivity index (χ0) is 11.7. The number of hydrogen-bond acceptors (Lipinski definition) is 3. The number of fused-ring (bicyclic) bond motifs is 1. The van der Waals surface area contributed by atoms with Crippen LogP contribution in [-0.4, -0.2) is 28.8 Å². The second-order valence-corrected chi connectivity index (χ2v) is 4.08. The van der Waals surface area contributed by atoms with Gasteiger partial charge in [0.15, 0.2) is 0 Å². The third-order valence-corrected chi connectivity index (χ3v) is 3.09. The Morgan fingerprint density at radius 3 is 2.94 bits per heavy atom. The van der Waals surface area contributed by atoms with Gasteiger partial charge in [-0.3, -0.25) is 0 Å². The van der Waals surface area contributed by atoms with E-state index in [1.165, 1.54) is 0 Å². The summed E-state index contributed by atoms with van der Waals surface area (Å²) in [5.74, 6) is -0.817. The van der Waals surface area contributed by atoms with E-state index in [2.05, 4.69) is 0 Å². The lowest BCUT2D eigenvalue weighted by Gasteiger charge is -2.24. The van der Waals surface area contributed by atoms with Gasteiger partial charge in [0.2, 0.25) is 0 Å². The first-order valence-electron chi connectivity index (χ1n) is 5.35. The van der Waals surface area contributed by atoms with Crippen LogP contribution in [0, 0.1) is 0 Å². The maximum atomic E-state index is 11.0. The molecule has 4 heteroatoms. The van der Waals surface area contributed by atoms with Gasteiger partial charge in [0, 0.05) is 12.2 Å². The molecule has 0 aromatic heterocycles. The molecule has 0 amide bonds. The first kappa shape index (κ1) is 11.0. The molecular formula is C12H15NO3. The van der Waals surface area contributed by atoms with Crippen molar-refractivity contribution in [2.45, 2.75) is 26.0 Å². The molecular weight excluding hydrogens is 206 g/mol. The highest BCUT2D eigenvalue weighted by Gasteiger charge is 2.27. The van der Waals surface area contributed by atoms with Crippen LogP contribution in [-0.2, 0) is 17.8 Å². The Labute approximate surface area is 94.1 Å². The number of carbonyl (C=O) groups is 1. The monoisotopic (exact) mass is 221 g/mol. The number of carboxylic acids is 1. The number of aliphatic carboxylic acids is 1. The Bertz CT molecular complexity index is 417. The van der Waals surface area contributed by atoms with Crippen LogP contribution in [0.25, 0.3) is 0 Å². The third kappa shape index (κ3) is 1.76. The maximum Gasteiger partial charge on any atom is 0.326 e. The molecule has 16 heavy (non-hydrogen) atoms. The van der Waals surface area contributed by atoms with E-state index in [9.17, 15) is 4.79 Å². The Kier molecular flexibility index (Phi) is 2.83. The normalized spacial score (nSPS) is 16.0. The molecule has 1 unspecified atom stereocenters. The van der Waals surface area contributed by atoms with E-state index in [1.807, 2.05) is 23.1 Å². The second kappa shape index (κ2) is 4.14. The van der Waals surface area contributed by atoms with Gasteiger partial charge in [-0.1, -0.05) is 12.1 Å². The Balaban J connectivity index is 2.34. The molecule has 1 aliphatic rings. The lowest BCUT2D eigenvalue weighted by molar-refractivity contribution is -0.138. The largest absolute Gasteiger partial charge is 0.480 e. The van der Waals surface area contributed by atoms with Gasteiger partial charge < -0.3 is 15.1 Å². The van der Waals surface area contributed by atoms with Crippen molar-refractivity contribution < 1.29 is 15.0 Å². The highest BCUT2D eigenvalue weighted by molar-refractivity contribution is 5.79. The van der Waals surface area contributed by atoms with Crippen LogP contribution in [0.5, 0.6) is 0 Å². The Morgan fingerprint density at radius 2 is 2.31 bits per heavy atom. The molecule has 0 saturated heterocycles. The minimum Gasteiger partial charge on any atom is -0.480 e. The summed E-state index contributed by atoms with van der Waals surface area (Å²) in [6, 6.07) is 5.21. The fourth-order valence-electron chi connectivity index (χ4n) is 2.08. The van der Waals surface area contributed by atoms with E-state index >= 15 is 0 Å². The molecule has 1 atom stereocenters. The number of rotatable bonds is 3. The van der Waals surface area contributed by atoms with Crippen molar-refractivity contribution in [3.05, 3.63) is 29.3 Å². The van der Waals surface area contributed by atoms with Crippen LogP contribution in [0.2, 0.25) is 0 Å². The van der Waals surface area contributed by atoms with E-state index < -0.39 is 12.0 Å². The average Bonchev–Trinajstić information content (AvgIpc) is 2.70. The molecule has 1 heterocycles. The number of anilines is 1. The molecule has 0 saturated carbocycles. The highest BCUT2D eigenvalue weighted by Crippen LogP contribution is 2.30. The van der Waals surface area contributed by atoms with Crippen molar-refractivity contribution in [3.63, 3.8) is 0 Å². The Morgan fingerprint density at radius 1 is 1.56 bits per heavy atom. The van der Waals surface area contributed by atoms with Crippen molar-refractivity contribution in [1.29, 1.82) is 0 Å². The van der Waals surface area contributed by atoms with Crippen molar-refractivity contribution >= 4 is 11.7 Å². The smallest absolute Gasteiger partial charge is 0.326 e. The molecule has 0 bridgehead atoms. The molecule has 0 aliphatic carbocycles. The zero-order valence-electron chi connectivity index (χ0n) is 9.18. The van der Waals surface area contributed by atoms with Gasteiger partial charge in [-0.05, 0) is 30.5 Å². The topological polar surface area (TPSA) is 60.8 Å². The maximum absolute atomic E-state index is 11.0. The lowest BCUT2D eigenvalue weighted by Crippen LogP contribution is -2.37. The third-order valence-electron chi connectivity index (χ3n) is 3.09. The van der Waals surface area contributed by atoms with Crippen LogP contribution < -0.4 is 4.90 Å². The molecule has 2 N–H and O–H groups in total. The average molecular weight is 221 g/mol. The first-order valence-corrected chi connectivity index (χ1v) is 5.35. The van der Waals surface area contributed by atoms with Crippen LogP contribution in [0.3, 0.4) is 0 Å². The van der Waals surface area contributed by atoms with Gasteiger partial charge in [0.25, 0.3) is 0 Å². The molecule has 2 rings (SSSR count). The van der Waals surface area contributed by atoms with Crippen molar-refractivity contribution in [2.24, 2.45) is 0 Å². The number of hydrogen-bond donors (Lipinski definition) is 2. The van der Waals surface area contributed by atoms with E-state index in [0.29, 0.717) is 0 Å². The molecule has 1 aromatic carbocycles. The summed E-state index contributed by atoms with van der Waals surface area (Å²) >= 11 is 0. The number of aliphatic hydroxyl groups excluding tert-OH is 1. The first-order chi connectivity index (χ1) is 7.63. The predicted octanol–water partition coefficient (Wildman–Crippen LogP) is 1.01. The predicted molar refractivity (Wildman–Crippen MR) is 60.5 cm³/mol. The Hall–Kier alpha value is -1.55. The van der Waals surface area contributed by atoms with Crippen molar-refractivity contribution in [1.82, 2.24) is 0 Å².